The van der Waals surface area contributed by atoms with Crippen molar-refractivity contribution >= 4 is 166 Å². The predicted octanol–water partition coefficient (Wildman–Crippen LogP) is -12.7. The highest BCUT2D eigenvalue weighted by Crippen LogP contribution is 2.16. The topological polar surface area (TPSA) is 935 Å². The number of thiol groups is 1. The summed E-state index contributed by atoms with van der Waals surface area (Å²) in [5.74, 6) is -28.0. The van der Waals surface area contributed by atoms with Crippen LogP contribution >= 0.6 is 24.4 Å². The molecule has 0 saturated carbocycles. The standard InChI is InChI=1S/C86H153N27O29S2/c1-39(2)31-54(71(127)95-34-62(120)99-51(22-24-60(90)118)74(130)108-57(36-115)80(136)101-48(19-14-16-27-87)72(128)100-50(21-18-29-94-86(92)93)77(133)112-65(42(7)8)85(141)142)107-83(139)64(41(5)6)111-82(138)59(38-143)110-75(131)52(23-25-63(121)122)102-81(137)58(37-116)109-76(132)53(26-30-144-13)103-73(129)49(20-15-17-28-88)104-84(140)66(46(12)117)113-69(125)45(11)96-67(123)43(9)98-78(134)55(32-40(3)4)106-79(135)56(33-61(91)119)105-68(124)44(10)97-70(126)47(89)35-114/h39-59,64-66,114-117,143H,14-38,87-89H2,1-13H3,(H2,90,118)(H2,91,119)(H,95,127)(H,96,123)(H,97,126)(H,98,134)(H,99,120)(H,100,128)(H,101,136)(H,102,137)(H,103,129)(H,104,140)(H,105,124)(H,106,135)(H,107,139)(H,108,130)(H,109,132)(H,110,131)(H,111,138)(H,112,133)(H,113,125)(H,121,122)(H,141,142)(H4,92,93,94)/t43-,44-,45-,46+,47-,48-,49-,50-,51-,52-,53-,54-,55-,56-,57-,58-,59-,64-,65-,66-/m0/s1. The number of nitrogens with two attached hydrogens (primary N) is 6. The van der Waals surface area contributed by atoms with Crippen molar-refractivity contribution in [3.05, 3.63) is 0 Å². The summed E-state index contributed by atoms with van der Waals surface area (Å²) in [5, 5.41) is 116. The molecule has 58 heteroatoms. The number of aliphatic carboxylic acids is 2. The van der Waals surface area contributed by atoms with Gasteiger partial charge in [-0.15, -0.1) is 0 Å². The highest BCUT2D eigenvalue weighted by Gasteiger charge is 2.41. The van der Waals surface area contributed by atoms with Crippen molar-refractivity contribution < 1.29 is 141 Å². The van der Waals surface area contributed by atoms with Gasteiger partial charge in [0.1, 0.15) is 115 Å². The smallest absolute Gasteiger partial charge is 0.326 e. The lowest BCUT2D eigenvalue weighted by Crippen LogP contribution is -2.62. The number of aliphatic hydroxyl groups excluding tert-OH is 4. The molecular weight excluding hydrogens is 1940 g/mol. The summed E-state index contributed by atoms with van der Waals surface area (Å²) in [6.07, 6.45) is -3.20. The number of unbranched alkanes of at least 4 members (excludes halogenated alkanes) is 2. The molecule has 0 radical (unpaired) electrons. The van der Waals surface area contributed by atoms with E-state index < -0.39 is 339 Å². The molecule has 144 heavy (non-hydrogen) atoms. The molecule has 0 bridgehead atoms. The fraction of sp³-hybridized carbons (Fsp3) is 0.721. The summed E-state index contributed by atoms with van der Waals surface area (Å²) >= 11 is 5.41. The lowest BCUT2D eigenvalue weighted by Gasteiger charge is -2.28. The number of nitrogens with one attached hydrogen (secondary N) is 21. The van der Waals surface area contributed by atoms with Crippen LogP contribution in [0.15, 0.2) is 0 Å². The van der Waals surface area contributed by atoms with E-state index in [4.69, 9.17) is 39.8 Å². The molecule has 0 spiro atoms. The summed E-state index contributed by atoms with van der Waals surface area (Å²) in [7, 11) is 0. The number of carboxylic acids is 2. The number of hydrogen-bond acceptors (Lipinski definition) is 33. The maximum Gasteiger partial charge on any atom is 0.326 e. The van der Waals surface area contributed by atoms with Crippen molar-refractivity contribution in [1.29, 1.82) is 5.41 Å². The van der Waals surface area contributed by atoms with Crippen LogP contribution in [0.1, 0.15) is 186 Å². The van der Waals surface area contributed by atoms with E-state index in [1.54, 1.807) is 34.0 Å². The van der Waals surface area contributed by atoms with E-state index in [2.05, 4.69) is 119 Å². The zero-order valence-corrected chi connectivity index (χ0v) is 85.1. The van der Waals surface area contributed by atoms with Crippen LogP contribution in [0.3, 0.4) is 0 Å². The van der Waals surface area contributed by atoms with Gasteiger partial charge in [0, 0.05) is 25.1 Å². The molecule has 818 valence electrons. The highest BCUT2D eigenvalue weighted by atomic mass is 32.2. The number of amides is 21. The van der Waals surface area contributed by atoms with Crippen molar-refractivity contribution in [2.24, 2.45) is 58.1 Å². The van der Waals surface area contributed by atoms with Gasteiger partial charge in [-0.1, -0.05) is 55.4 Å². The largest absolute Gasteiger partial charge is 0.481 e. The number of primary amides is 2. The quantitative estimate of drug-likeness (QED) is 0.0116. The van der Waals surface area contributed by atoms with Crippen LogP contribution in [0, 0.1) is 29.1 Å². The van der Waals surface area contributed by atoms with Gasteiger partial charge in [-0.3, -0.25) is 111 Å². The van der Waals surface area contributed by atoms with Crippen LogP contribution in [-0.4, -0.2) is 357 Å². The average molecular weight is 2090 g/mol. The second-order valence-electron chi connectivity index (χ2n) is 35.8. The second kappa shape index (κ2) is 69.5. The minimum absolute atomic E-state index is 0.0581. The number of aliphatic hydroxyl groups is 4. The minimum Gasteiger partial charge on any atom is -0.481 e. The predicted molar refractivity (Wildman–Crippen MR) is 523 cm³/mol. The third kappa shape index (κ3) is 51.6. The van der Waals surface area contributed by atoms with Gasteiger partial charge in [0.2, 0.25) is 124 Å². The van der Waals surface area contributed by atoms with Gasteiger partial charge in [0.15, 0.2) is 5.96 Å². The van der Waals surface area contributed by atoms with E-state index in [1.807, 2.05) is 0 Å². The summed E-state index contributed by atoms with van der Waals surface area (Å²) in [6.45, 7) is 13.7. The van der Waals surface area contributed by atoms with Crippen molar-refractivity contribution in [2.45, 2.75) is 307 Å². The van der Waals surface area contributed by atoms with Gasteiger partial charge < -0.3 is 171 Å². The van der Waals surface area contributed by atoms with E-state index in [0.29, 0.717) is 6.42 Å². The third-order valence-electron chi connectivity index (χ3n) is 21.6. The van der Waals surface area contributed by atoms with Gasteiger partial charge in [-0.25, -0.2) is 4.79 Å². The molecule has 0 rings (SSSR count). The first-order valence-corrected chi connectivity index (χ1v) is 49.0. The van der Waals surface area contributed by atoms with Gasteiger partial charge in [-0.2, -0.15) is 24.4 Å². The van der Waals surface area contributed by atoms with Crippen molar-refractivity contribution in [1.82, 2.24) is 106 Å². The molecule has 0 aliphatic heterocycles. The second-order valence-corrected chi connectivity index (χ2v) is 37.1. The lowest BCUT2D eigenvalue weighted by molar-refractivity contribution is -0.143. The van der Waals surface area contributed by atoms with Gasteiger partial charge in [0.25, 0.3) is 0 Å². The fourth-order valence-electron chi connectivity index (χ4n) is 13.3. The first-order chi connectivity index (χ1) is 67.4. The van der Waals surface area contributed by atoms with Gasteiger partial charge in [-0.05, 0) is 160 Å². The van der Waals surface area contributed by atoms with E-state index in [0.717, 1.165) is 6.92 Å². The Balaban J connectivity index is 6.73. The zero-order chi connectivity index (χ0) is 110. The van der Waals surface area contributed by atoms with E-state index >= 15 is 0 Å². The average Bonchev–Trinajstić information content (AvgIpc) is 0.851. The van der Waals surface area contributed by atoms with E-state index in [9.17, 15) is 141 Å². The maximum absolute atomic E-state index is 14.4. The van der Waals surface area contributed by atoms with Crippen LogP contribution in [0.25, 0.3) is 0 Å². The normalized spacial score (nSPS) is 15.4. The third-order valence-corrected chi connectivity index (χ3v) is 22.6. The first-order valence-electron chi connectivity index (χ1n) is 47.0. The monoisotopic (exact) mass is 2090 g/mol. The number of carbonyl (C=O) groups is 23. The number of guanidine groups is 1. The molecule has 0 aromatic heterocycles. The Bertz CT molecular complexity index is 4310. The lowest BCUT2D eigenvalue weighted by atomic mass is 9.99. The molecule has 0 fully saturated rings. The number of carboxylic acid groups (broad SMARTS) is 2. The molecule has 0 aliphatic carbocycles. The molecule has 56 nitrogen and oxygen atoms in total. The SMILES string of the molecule is CSCC[C@H](NC(=O)[C@H](CCCCN)NC(=O)[C@@H](NC(=O)[C@H](C)NC(=O)[C@H](C)NC(=O)[C@H](CC(C)C)NC(=O)[C@H](CC(N)=O)NC(=O)[C@H](C)NC(=O)[C@@H](N)CO)[C@@H](C)O)C(=O)N[C@@H](CO)C(=O)N[C@@H](CCC(=O)O)C(=O)N[C@@H](CS)C(=O)N[C@H](C(=O)N[C@@H](CC(C)C)C(=O)NCC(=O)N[C@@H](CCC(N)=O)C(=O)N[C@@H](CO)C(=O)N[C@@H](CCCCN)C(=O)N[C@@H](CCCNC(=N)N)C(=O)N[C@H](C(=O)O)C(C)C)C(C)C. The Labute approximate surface area is 843 Å². The minimum atomic E-state index is -1.98. The summed E-state index contributed by atoms with van der Waals surface area (Å²) < 4.78 is 0. The molecule has 0 aromatic rings. The Morgan fingerprint density at radius 1 is 0.340 bits per heavy atom. The molecule has 39 N–H and O–H groups in total. The molecule has 21 amide bonds. The number of carbonyl (C=O) groups excluding carboxylic acids is 21. The molecule has 0 unspecified atom stereocenters. The molecular formula is C86H153N27O29S2. The first kappa shape index (κ1) is 132. The van der Waals surface area contributed by atoms with Crippen molar-refractivity contribution in [3.8, 4) is 0 Å². The van der Waals surface area contributed by atoms with Gasteiger partial charge >= 0.3 is 11.9 Å². The van der Waals surface area contributed by atoms with Crippen LogP contribution in [0.5, 0.6) is 0 Å². The number of thioether (sulfide) groups is 1. The van der Waals surface area contributed by atoms with Crippen LogP contribution in [0.2, 0.25) is 0 Å². The van der Waals surface area contributed by atoms with E-state index in [-0.39, 0.29) is 101 Å². The molecule has 20 atom stereocenters. The molecule has 0 saturated heterocycles. The zero-order valence-electron chi connectivity index (χ0n) is 83.4. The Morgan fingerprint density at radius 3 is 1.08 bits per heavy atom. The van der Waals surface area contributed by atoms with Crippen molar-refractivity contribution in [2.75, 3.05) is 63.8 Å². The molecule has 0 aromatic carbocycles. The van der Waals surface area contributed by atoms with Crippen molar-refractivity contribution in [3.63, 3.8) is 0 Å². The van der Waals surface area contributed by atoms with E-state index in [1.165, 1.54) is 60.2 Å². The number of rotatable bonds is 73. The van der Waals surface area contributed by atoms with Crippen LogP contribution < -0.4 is 141 Å². The Morgan fingerprint density at radius 2 is 0.674 bits per heavy atom. The number of hydrogen-bond donors (Lipinski definition) is 34. The Kier molecular flexibility index (Phi) is 63.4. The maximum atomic E-state index is 14.4. The summed E-state index contributed by atoms with van der Waals surface area (Å²) in [4.78, 5) is 310. The summed E-state index contributed by atoms with van der Waals surface area (Å²) in [5.41, 5.74) is 33.1. The fourth-order valence-corrected chi connectivity index (χ4v) is 14.1. The van der Waals surface area contributed by atoms with Crippen LogP contribution in [0.4, 0.5) is 0 Å². The van der Waals surface area contributed by atoms with Gasteiger partial charge in [0.05, 0.1) is 38.9 Å². The molecule has 0 heterocycles. The van der Waals surface area contributed by atoms with Crippen LogP contribution in [-0.2, 0) is 110 Å². The highest BCUT2D eigenvalue weighted by molar-refractivity contribution is 7.98. The summed E-state index contributed by atoms with van der Waals surface area (Å²) in [6, 6.07) is -30.3. The Hall–Kier alpha value is -12.5. The molecule has 0 aliphatic rings.